The van der Waals surface area contributed by atoms with E-state index < -0.39 is 26.1 Å². The molecule has 0 aliphatic carbocycles. The van der Waals surface area contributed by atoms with E-state index in [0.717, 1.165) is 5.69 Å². The number of nitrogen functional groups attached to an aromatic ring is 2. The molecule has 3 aliphatic heterocycles. The zero-order valence-electron chi connectivity index (χ0n) is 19.1. The number of aromatic nitrogens is 8. The van der Waals surface area contributed by atoms with Crippen LogP contribution in [0.5, 0.6) is 0 Å². The number of hydrogen-bond acceptors (Lipinski definition) is 13. The highest BCUT2D eigenvalue weighted by Gasteiger charge is 2.45. The van der Waals surface area contributed by atoms with Crippen molar-refractivity contribution < 1.29 is 23.1 Å². The monoisotopic (exact) mass is 548 g/mol. The number of ether oxygens (including phenoxy) is 2. The van der Waals surface area contributed by atoms with Gasteiger partial charge >= 0.3 is 8.25 Å². The van der Waals surface area contributed by atoms with Crippen molar-refractivity contribution in [1.82, 2.24) is 39.1 Å². The van der Waals surface area contributed by atoms with E-state index >= 15 is 0 Å². The van der Waals surface area contributed by atoms with E-state index in [1.165, 1.54) is 12.7 Å². The maximum atomic E-state index is 12.8. The predicted molar refractivity (Wildman–Crippen MR) is 130 cm³/mol. The van der Waals surface area contributed by atoms with Crippen LogP contribution in [0.3, 0.4) is 0 Å². The Morgan fingerprint density at radius 2 is 2.03 bits per heavy atom. The largest absolute Gasteiger partial charge is 0.381 e. The molecule has 16 nitrogen and oxygen atoms in total. The molecule has 5 N–H and O–H groups in total. The van der Waals surface area contributed by atoms with E-state index in [0.29, 0.717) is 27.1 Å². The minimum absolute atomic E-state index is 0.0422. The fourth-order valence-electron chi connectivity index (χ4n) is 5.11. The molecule has 4 aromatic heterocycles. The Morgan fingerprint density at radius 1 is 1.14 bits per heavy atom. The summed E-state index contributed by atoms with van der Waals surface area (Å²) in [5, 5.41) is 4.27. The van der Waals surface area contributed by atoms with E-state index in [1.807, 2.05) is 0 Å². The number of aromatic amines is 1. The van der Waals surface area contributed by atoms with Gasteiger partial charge in [0.2, 0.25) is 5.95 Å². The first-order chi connectivity index (χ1) is 17.9. The standard InChI is InChI=1S/C19H22N10O6P2/c20-14-16-22-3-7(29(16)25-5-23-14)8-1-11-10(33-8)4-32-37(31)35-9-2-12(36-11)34-18(9)28-6-24-13-15(28)26-19(21)27-17(13)30/h3,5-6,8-12,18,36-37H,1-2,4H2,(H2,20,23,25)(H3,21,26,27,30)/t8-,9-,10-,11?,12+,18-/m1/s1. The summed E-state index contributed by atoms with van der Waals surface area (Å²) >= 11 is 0. The molecule has 3 unspecified atom stereocenters. The van der Waals surface area contributed by atoms with Crippen LogP contribution < -0.4 is 17.0 Å². The molecule has 7 heterocycles. The van der Waals surface area contributed by atoms with Gasteiger partial charge in [0.15, 0.2) is 28.9 Å². The lowest BCUT2D eigenvalue weighted by atomic mass is 10.1. The quantitative estimate of drug-likeness (QED) is 0.289. The summed E-state index contributed by atoms with van der Waals surface area (Å²) in [7, 11) is -2.53. The number of H-pyrrole nitrogens is 1. The Bertz CT molecular complexity index is 1590. The lowest BCUT2D eigenvalue weighted by Gasteiger charge is -2.22. The molecule has 4 aromatic rings. The Balaban J connectivity index is 1.18. The maximum absolute atomic E-state index is 12.8. The lowest BCUT2D eigenvalue weighted by molar-refractivity contribution is -0.0111. The smallest absolute Gasteiger partial charge is 0.319 e. The molecule has 0 amide bonds. The zero-order chi connectivity index (χ0) is 25.3. The van der Waals surface area contributed by atoms with Crippen molar-refractivity contribution in [2.45, 2.75) is 48.9 Å². The van der Waals surface area contributed by atoms with Crippen LogP contribution >= 0.6 is 16.8 Å². The Labute approximate surface area is 209 Å². The molecule has 18 heteroatoms. The van der Waals surface area contributed by atoms with Crippen LogP contribution in [0.2, 0.25) is 0 Å². The van der Waals surface area contributed by atoms with Gasteiger partial charge < -0.3 is 30.0 Å². The second kappa shape index (κ2) is 8.79. The maximum Gasteiger partial charge on any atom is 0.319 e. The Morgan fingerprint density at radius 3 is 2.92 bits per heavy atom. The number of anilines is 2. The normalized spacial score (nSPS) is 32.8. The fourth-order valence-corrected chi connectivity index (χ4v) is 7.74. The van der Waals surface area contributed by atoms with Crippen molar-refractivity contribution in [2.75, 3.05) is 18.1 Å². The van der Waals surface area contributed by atoms with Crippen molar-refractivity contribution in [3.8, 4) is 0 Å². The van der Waals surface area contributed by atoms with Gasteiger partial charge in [0, 0.05) is 12.1 Å². The van der Waals surface area contributed by atoms with Crippen molar-refractivity contribution in [3.63, 3.8) is 0 Å². The van der Waals surface area contributed by atoms with Crippen LogP contribution in [0, 0.1) is 0 Å². The van der Waals surface area contributed by atoms with E-state index in [2.05, 4.69) is 30.0 Å². The highest BCUT2D eigenvalue weighted by atomic mass is 31.1. The number of imidazole rings is 2. The molecule has 0 radical (unpaired) electrons. The number of nitrogens with zero attached hydrogens (tertiary/aromatic N) is 7. The second-order valence-electron chi connectivity index (χ2n) is 8.98. The third-order valence-electron chi connectivity index (χ3n) is 6.75. The van der Waals surface area contributed by atoms with Crippen LogP contribution in [0.15, 0.2) is 23.6 Å². The SMILES string of the molecule is Nc1nc2c(ncn2[C@@H]2O[C@@H]3C[C@H]2O[PH](=O)OC[C@H]2O[C@@H](c4cnc5c(N)ncnn45)CC2P3)c(=O)[nH]1. The average molecular weight is 548 g/mol. The van der Waals surface area contributed by atoms with Gasteiger partial charge in [-0.15, -0.1) is 0 Å². The van der Waals surface area contributed by atoms with E-state index in [9.17, 15) is 9.36 Å². The summed E-state index contributed by atoms with van der Waals surface area (Å²) < 4.78 is 40.1. The number of hydrogen-bond donors (Lipinski definition) is 3. The number of nitrogens with one attached hydrogen (secondary N) is 1. The summed E-state index contributed by atoms with van der Waals surface area (Å²) in [5.41, 5.74) is 12.9. The topological polar surface area (TPSA) is 213 Å². The summed E-state index contributed by atoms with van der Waals surface area (Å²) in [5.74, 6) is 0.0370. The molecule has 3 saturated heterocycles. The number of fused-ring (bicyclic) bond motifs is 5. The molecule has 3 fully saturated rings. The van der Waals surface area contributed by atoms with E-state index in [1.54, 1.807) is 15.3 Å². The van der Waals surface area contributed by atoms with Gasteiger partial charge in [0.1, 0.15) is 18.5 Å². The summed E-state index contributed by atoms with van der Waals surface area (Å²) in [6, 6.07) is 0. The molecular weight excluding hydrogens is 526 g/mol. The number of nitrogens with two attached hydrogens (primary N) is 2. The summed E-state index contributed by atoms with van der Waals surface area (Å²) in [6.45, 7) is 0.116. The van der Waals surface area contributed by atoms with Gasteiger partial charge in [0.25, 0.3) is 5.56 Å². The van der Waals surface area contributed by atoms with E-state index in [4.69, 9.17) is 30.0 Å². The molecule has 7 rings (SSSR count). The van der Waals surface area contributed by atoms with Crippen LogP contribution in [0.25, 0.3) is 16.8 Å². The second-order valence-corrected chi connectivity index (χ2v) is 11.7. The van der Waals surface area contributed by atoms with Gasteiger partial charge in [-0.3, -0.25) is 18.9 Å². The van der Waals surface area contributed by atoms with Crippen LogP contribution in [0.4, 0.5) is 11.8 Å². The molecule has 37 heavy (non-hydrogen) atoms. The van der Waals surface area contributed by atoms with E-state index in [-0.39, 0.29) is 53.2 Å². The molecule has 8 atom stereocenters. The molecule has 0 aromatic carbocycles. The first-order valence-electron chi connectivity index (χ1n) is 11.5. The summed E-state index contributed by atoms with van der Waals surface area (Å²) in [6.07, 6.45) is 3.73. The first kappa shape index (κ1) is 23.1. The van der Waals surface area contributed by atoms with Gasteiger partial charge in [-0.2, -0.15) is 10.1 Å². The molecule has 0 spiro atoms. The molecule has 194 valence electrons. The van der Waals surface area contributed by atoms with Crippen LogP contribution in [0.1, 0.15) is 30.9 Å². The molecule has 0 saturated carbocycles. The van der Waals surface area contributed by atoms with Gasteiger partial charge in [-0.25, -0.2) is 19.5 Å². The van der Waals surface area contributed by atoms with Crippen molar-refractivity contribution in [2.24, 2.45) is 0 Å². The van der Waals surface area contributed by atoms with Crippen molar-refractivity contribution in [1.29, 1.82) is 0 Å². The van der Waals surface area contributed by atoms with Gasteiger partial charge in [-0.05, 0) is 6.42 Å². The third kappa shape index (κ3) is 3.92. The fraction of sp³-hybridized carbons (Fsp3) is 0.474. The molecule has 3 aliphatic rings. The predicted octanol–water partition coefficient (Wildman–Crippen LogP) is 0.349. The highest BCUT2D eigenvalue weighted by Crippen LogP contribution is 2.51. The van der Waals surface area contributed by atoms with Crippen molar-refractivity contribution in [3.05, 3.63) is 34.9 Å². The molecule has 2 bridgehead atoms. The van der Waals surface area contributed by atoms with Crippen LogP contribution in [-0.4, -0.2) is 69.4 Å². The zero-order valence-corrected chi connectivity index (χ0v) is 21.1. The van der Waals surface area contributed by atoms with Gasteiger partial charge in [-0.1, -0.05) is 8.58 Å². The molecular formula is C19H22N10O6P2. The lowest BCUT2D eigenvalue weighted by Crippen LogP contribution is -2.25. The van der Waals surface area contributed by atoms with Gasteiger partial charge in [0.05, 0.1) is 36.8 Å². The Kier molecular flexibility index (Phi) is 5.50. The Hall–Kier alpha value is -3.00. The minimum atomic E-state index is -2.87. The minimum Gasteiger partial charge on any atom is -0.381 e. The third-order valence-corrected chi connectivity index (χ3v) is 9.43. The summed E-state index contributed by atoms with van der Waals surface area (Å²) in [4.78, 5) is 31.4. The number of rotatable bonds is 2. The first-order valence-corrected chi connectivity index (χ1v) is 13.9. The highest BCUT2D eigenvalue weighted by molar-refractivity contribution is 7.39. The van der Waals surface area contributed by atoms with Crippen LogP contribution in [-0.2, 0) is 23.1 Å². The average Bonchev–Trinajstić information content (AvgIpc) is 3.63. The van der Waals surface area contributed by atoms with Crippen molar-refractivity contribution >= 4 is 45.4 Å².